The molecule has 0 saturated heterocycles. The van der Waals surface area contributed by atoms with Crippen LogP contribution in [0.1, 0.15) is 27.0 Å². The number of nitrogens with one attached hydrogen (secondary N) is 2. The highest BCUT2D eigenvalue weighted by Gasteiger charge is 2.28. The van der Waals surface area contributed by atoms with E-state index in [9.17, 15) is 34.3 Å². The topological polar surface area (TPSA) is 182 Å². The molecule has 0 heterocycles. The summed E-state index contributed by atoms with van der Waals surface area (Å²) in [5.41, 5.74) is 1.37. The summed E-state index contributed by atoms with van der Waals surface area (Å²) < 4.78 is 4.79. The molecule has 2 rings (SSSR count). The fourth-order valence-corrected chi connectivity index (χ4v) is 3.10. The SMILES string of the molecule is O=COc1c(C[C@H](NC(=O)Cc2ccc(CNCC(=O)O)cc2)B(O)O)cccc1C(=O)O. The van der Waals surface area contributed by atoms with Crippen LogP contribution in [0.25, 0.3) is 0 Å². The summed E-state index contributed by atoms with van der Waals surface area (Å²) >= 11 is 0. The number of aliphatic carboxylic acids is 1. The summed E-state index contributed by atoms with van der Waals surface area (Å²) in [5, 5.41) is 42.5. The van der Waals surface area contributed by atoms with E-state index in [4.69, 9.17) is 9.84 Å². The van der Waals surface area contributed by atoms with Crippen LogP contribution in [-0.4, -0.2) is 64.2 Å². The van der Waals surface area contributed by atoms with Gasteiger partial charge in [0.1, 0.15) is 11.3 Å². The predicted octanol–water partition coefficient (Wildman–Crippen LogP) is -0.624. The lowest BCUT2D eigenvalue weighted by atomic mass is 9.75. The Hall–Kier alpha value is -3.74. The van der Waals surface area contributed by atoms with Crippen LogP contribution >= 0.6 is 0 Å². The van der Waals surface area contributed by atoms with Gasteiger partial charge in [-0.05, 0) is 29.2 Å². The number of carbonyl (C=O) groups is 4. The average Bonchev–Trinajstić information content (AvgIpc) is 2.75. The molecule has 1 amide bonds. The second kappa shape index (κ2) is 12.3. The van der Waals surface area contributed by atoms with E-state index >= 15 is 0 Å². The highest BCUT2D eigenvalue weighted by atomic mass is 16.5. The van der Waals surface area contributed by atoms with Crippen molar-refractivity contribution in [1.82, 2.24) is 10.6 Å². The maximum atomic E-state index is 12.4. The molecule has 2 aromatic carbocycles. The molecule has 6 N–H and O–H groups in total. The number of rotatable bonds is 13. The van der Waals surface area contributed by atoms with Gasteiger partial charge in [0.2, 0.25) is 5.91 Å². The molecule has 1 atom stereocenters. The Kier molecular flexibility index (Phi) is 9.54. The maximum Gasteiger partial charge on any atom is 0.475 e. The summed E-state index contributed by atoms with van der Waals surface area (Å²) in [6, 6.07) is 10.9. The summed E-state index contributed by atoms with van der Waals surface area (Å²) in [5.74, 6) is -4.26. The van der Waals surface area contributed by atoms with Crippen LogP contribution in [0.3, 0.4) is 0 Å². The first-order valence-corrected chi connectivity index (χ1v) is 9.82. The highest BCUT2D eigenvalue weighted by Crippen LogP contribution is 2.25. The fourth-order valence-electron chi connectivity index (χ4n) is 3.10. The number of carbonyl (C=O) groups excluding carboxylic acids is 2. The van der Waals surface area contributed by atoms with Crippen molar-refractivity contribution in [3.8, 4) is 5.75 Å². The number of amides is 1. The Morgan fingerprint density at radius 1 is 1.03 bits per heavy atom. The van der Waals surface area contributed by atoms with Gasteiger partial charge in [-0.2, -0.15) is 0 Å². The standard InChI is InChI=1S/C21H23BN2O9/c25-12-33-20-15(2-1-3-16(20)21(29)30)9-17(22(31)32)24-18(26)8-13-4-6-14(7-5-13)10-23-11-19(27)28/h1-7,12,17,23,31-32H,8-11H2,(H,24,26)(H,27,28)(H,29,30)/t17-/m0/s1. The van der Waals surface area contributed by atoms with Crippen molar-refractivity contribution in [2.45, 2.75) is 25.3 Å². The van der Waals surface area contributed by atoms with Gasteiger partial charge in [-0.25, -0.2) is 4.79 Å². The van der Waals surface area contributed by atoms with Gasteiger partial charge in [-0.1, -0.05) is 36.4 Å². The molecular weight excluding hydrogens is 435 g/mol. The van der Waals surface area contributed by atoms with Crippen molar-refractivity contribution in [2.24, 2.45) is 0 Å². The second-order valence-electron chi connectivity index (χ2n) is 7.10. The Morgan fingerprint density at radius 3 is 2.27 bits per heavy atom. The van der Waals surface area contributed by atoms with E-state index in [1.807, 2.05) is 0 Å². The molecule has 0 aliphatic heterocycles. The number of carboxylic acid groups (broad SMARTS) is 2. The van der Waals surface area contributed by atoms with Crippen LogP contribution in [0.2, 0.25) is 0 Å². The van der Waals surface area contributed by atoms with Gasteiger partial charge in [0.15, 0.2) is 0 Å². The molecule has 0 bridgehead atoms. The first kappa shape index (κ1) is 25.5. The molecule has 0 saturated carbocycles. The number of hydrogen-bond donors (Lipinski definition) is 6. The number of para-hydroxylation sites is 1. The van der Waals surface area contributed by atoms with E-state index in [2.05, 4.69) is 10.6 Å². The van der Waals surface area contributed by atoms with Crippen LogP contribution in [0.4, 0.5) is 0 Å². The Morgan fingerprint density at radius 2 is 1.70 bits per heavy atom. The molecule has 33 heavy (non-hydrogen) atoms. The number of aromatic carboxylic acids is 1. The Labute approximate surface area is 189 Å². The molecule has 12 heteroatoms. The van der Waals surface area contributed by atoms with Crippen LogP contribution < -0.4 is 15.4 Å². The molecular formula is C21H23BN2O9. The van der Waals surface area contributed by atoms with Crippen LogP contribution in [0.15, 0.2) is 42.5 Å². The van der Waals surface area contributed by atoms with Crippen LogP contribution in [0, 0.1) is 0 Å². The highest BCUT2D eigenvalue weighted by molar-refractivity contribution is 6.43. The molecule has 0 fully saturated rings. The predicted molar refractivity (Wildman–Crippen MR) is 115 cm³/mol. The zero-order chi connectivity index (χ0) is 24.4. The van der Waals surface area contributed by atoms with Crippen LogP contribution in [0.5, 0.6) is 5.75 Å². The number of carboxylic acids is 2. The first-order chi connectivity index (χ1) is 15.7. The second-order valence-corrected chi connectivity index (χ2v) is 7.10. The van der Waals surface area contributed by atoms with Gasteiger partial charge in [0.05, 0.1) is 18.9 Å². The average molecular weight is 458 g/mol. The number of hydrogen-bond acceptors (Lipinski definition) is 8. The van der Waals surface area contributed by atoms with E-state index in [-0.39, 0.29) is 42.7 Å². The zero-order valence-electron chi connectivity index (χ0n) is 17.4. The summed E-state index contributed by atoms with van der Waals surface area (Å²) in [7, 11) is -1.96. The molecule has 0 unspecified atom stereocenters. The van der Waals surface area contributed by atoms with E-state index in [1.165, 1.54) is 18.2 Å². The number of benzene rings is 2. The van der Waals surface area contributed by atoms with Crippen LogP contribution in [-0.2, 0) is 33.8 Å². The third-order valence-electron chi connectivity index (χ3n) is 4.63. The van der Waals surface area contributed by atoms with Gasteiger partial charge >= 0.3 is 19.1 Å². The summed E-state index contributed by atoms with van der Waals surface area (Å²) in [4.78, 5) is 45.1. The molecule has 174 valence electrons. The molecule has 0 spiro atoms. The lowest BCUT2D eigenvalue weighted by molar-refractivity contribution is -0.136. The molecule has 11 nitrogen and oxygen atoms in total. The van der Waals surface area contributed by atoms with E-state index in [0.717, 1.165) is 5.56 Å². The van der Waals surface area contributed by atoms with Crippen molar-refractivity contribution >= 4 is 31.4 Å². The summed E-state index contributed by atoms with van der Waals surface area (Å²) in [6.07, 6.45) is -0.277. The first-order valence-electron chi connectivity index (χ1n) is 9.82. The monoisotopic (exact) mass is 458 g/mol. The lowest BCUT2D eigenvalue weighted by Crippen LogP contribution is -2.48. The van der Waals surface area contributed by atoms with Crippen molar-refractivity contribution in [2.75, 3.05) is 6.54 Å². The van der Waals surface area contributed by atoms with Gasteiger partial charge in [0.25, 0.3) is 6.47 Å². The zero-order valence-corrected chi connectivity index (χ0v) is 17.4. The number of ether oxygens (including phenoxy) is 1. The molecule has 0 radical (unpaired) electrons. The van der Waals surface area contributed by atoms with E-state index in [0.29, 0.717) is 12.1 Å². The minimum Gasteiger partial charge on any atom is -0.480 e. The van der Waals surface area contributed by atoms with Gasteiger partial charge < -0.3 is 35.6 Å². The summed E-state index contributed by atoms with van der Waals surface area (Å²) in [6.45, 7) is 0.233. The minimum absolute atomic E-state index is 0.0646. The van der Waals surface area contributed by atoms with Crippen molar-refractivity contribution in [3.63, 3.8) is 0 Å². The minimum atomic E-state index is -1.96. The van der Waals surface area contributed by atoms with Crippen molar-refractivity contribution in [1.29, 1.82) is 0 Å². The Bertz CT molecular complexity index is 996. The van der Waals surface area contributed by atoms with Crippen molar-refractivity contribution < 1.29 is 44.2 Å². The molecule has 2 aromatic rings. The fraction of sp³-hybridized carbons (Fsp3) is 0.238. The largest absolute Gasteiger partial charge is 0.480 e. The Balaban J connectivity index is 2.05. The van der Waals surface area contributed by atoms with Gasteiger partial charge in [-0.15, -0.1) is 0 Å². The third kappa shape index (κ3) is 8.03. The van der Waals surface area contributed by atoms with Crippen molar-refractivity contribution in [3.05, 3.63) is 64.7 Å². The van der Waals surface area contributed by atoms with E-state index in [1.54, 1.807) is 24.3 Å². The molecule has 0 aliphatic carbocycles. The molecule has 0 aliphatic rings. The lowest BCUT2D eigenvalue weighted by Gasteiger charge is -2.19. The molecule has 0 aromatic heterocycles. The quantitative estimate of drug-likeness (QED) is 0.167. The normalized spacial score (nSPS) is 11.3. The van der Waals surface area contributed by atoms with E-state index < -0.39 is 30.9 Å². The van der Waals surface area contributed by atoms with Gasteiger partial charge in [0, 0.05) is 6.54 Å². The third-order valence-corrected chi connectivity index (χ3v) is 4.63. The maximum absolute atomic E-state index is 12.4. The van der Waals surface area contributed by atoms with Gasteiger partial charge in [-0.3, -0.25) is 14.4 Å². The smallest absolute Gasteiger partial charge is 0.475 e.